The molecule has 0 saturated carbocycles. The number of nitrogens with zero attached hydrogens (tertiary/aromatic N) is 2. The summed E-state index contributed by atoms with van der Waals surface area (Å²) in [6.45, 7) is 7.14. The van der Waals surface area contributed by atoms with Crippen LogP contribution in [0.4, 0.5) is 0 Å². The third-order valence-corrected chi connectivity index (χ3v) is 5.50. The number of sulfonamides is 1. The van der Waals surface area contributed by atoms with Gasteiger partial charge in [0.1, 0.15) is 0 Å². The zero-order chi connectivity index (χ0) is 15.7. The average molecular weight is 310 g/mol. The summed E-state index contributed by atoms with van der Waals surface area (Å²) in [4.78, 5) is 3.95. The van der Waals surface area contributed by atoms with Crippen molar-refractivity contribution in [1.29, 1.82) is 0 Å². The molecule has 2 heterocycles. The Balaban J connectivity index is 2.20. The zero-order valence-corrected chi connectivity index (χ0v) is 13.5. The van der Waals surface area contributed by atoms with E-state index < -0.39 is 10.0 Å². The van der Waals surface area contributed by atoms with Gasteiger partial charge in [0.25, 0.3) is 10.0 Å². The van der Waals surface area contributed by atoms with Crippen LogP contribution in [0.3, 0.4) is 0 Å². The molecule has 0 saturated heterocycles. The minimum Gasteiger partial charge on any atom is -0.392 e. The van der Waals surface area contributed by atoms with Crippen molar-refractivity contribution >= 4 is 10.0 Å². The quantitative estimate of drug-likeness (QED) is 0.866. The van der Waals surface area contributed by atoms with Gasteiger partial charge in [0, 0.05) is 19.3 Å². The fourth-order valence-electron chi connectivity index (χ4n) is 2.34. The Labute approximate surface area is 126 Å². The van der Waals surface area contributed by atoms with E-state index in [0.717, 1.165) is 6.42 Å². The van der Waals surface area contributed by atoms with Crippen LogP contribution in [0.5, 0.6) is 0 Å². The van der Waals surface area contributed by atoms with E-state index in [9.17, 15) is 8.42 Å². The van der Waals surface area contributed by atoms with Crippen LogP contribution in [-0.4, -0.2) is 35.9 Å². The summed E-state index contributed by atoms with van der Waals surface area (Å²) in [5, 5.41) is 9.01. The molecule has 0 spiro atoms. The van der Waals surface area contributed by atoms with Crippen LogP contribution in [0.2, 0.25) is 0 Å². The Hall–Kier alpha value is -1.24. The molecule has 0 aliphatic carbocycles. The standard InChI is InChI=1S/C15H22N2O3S/c1-15(2,3)13-6-8-17(9-7-13)21(19,20)14-5-4-12(11-18)10-16-14/h4-6,10,18H,7-9,11H2,1-3H3. The second kappa shape index (κ2) is 5.87. The van der Waals surface area contributed by atoms with Crippen LogP contribution in [0.25, 0.3) is 0 Å². The smallest absolute Gasteiger partial charge is 0.260 e. The first-order valence-corrected chi connectivity index (χ1v) is 8.44. The molecule has 2 rings (SSSR count). The van der Waals surface area contributed by atoms with Gasteiger partial charge in [-0.05, 0) is 23.5 Å². The number of aliphatic hydroxyl groups is 1. The lowest BCUT2D eigenvalue weighted by atomic mass is 9.83. The van der Waals surface area contributed by atoms with Gasteiger partial charge in [-0.2, -0.15) is 4.31 Å². The van der Waals surface area contributed by atoms with Gasteiger partial charge in [-0.1, -0.05) is 38.5 Å². The molecule has 1 aromatic rings. The van der Waals surface area contributed by atoms with E-state index in [-0.39, 0.29) is 17.0 Å². The van der Waals surface area contributed by atoms with Crippen molar-refractivity contribution in [2.45, 2.75) is 38.8 Å². The fourth-order valence-corrected chi connectivity index (χ4v) is 3.63. The highest BCUT2D eigenvalue weighted by molar-refractivity contribution is 7.89. The van der Waals surface area contributed by atoms with Crippen molar-refractivity contribution in [3.8, 4) is 0 Å². The van der Waals surface area contributed by atoms with Crippen molar-refractivity contribution in [3.05, 3.63) is 35.5 Å². The molecule has 0 fully saturated rings. The predicted molar refractivity (Wildman–Crippen MR) is 81.1 cm³/mol. The van der Waals surface area contributed by atoms with Gasteiger partial charge in [-0.3, -0.25) is 0 Å². The lowest BCUT2D eigenvalue weighted by Gasteiger charge is -2.31. The van der Waals surface area contributed by atoms with Crippen LogP contribution in [0.1, 0.15) is 32.8 Å². The van der Waals surface area contributed by atoms with E-state index in [0.29, 0.717) is 18.7 Å². The molecule has 1 aliphatic rings. The first-order chi connectivity index (χ1) is 9.75. The molecule has 116 valence electrons. The molecule has 1 aliphatic heterocycles. The molecular weight excluding hydrogens is 288 g/mol. The Morgan fingerprint density at radius 2 is 2.05 bits per heavy atom. The summed E-state index contributed by atoms with van der Waals surface area (Å²) >= 11 is 0. The SMILES string of the molecule is CC(C)(C)C1=CCN(S(=O)(=O)c2ccc(CO)cn2)CC1. The lowest BCUT2D eigenvalue weighted by molar-refractivity contribution is 0.281. The van der Waals surface area contributed by atoms with Gasteiger partial charge in [-0.15, -0.1) is 0 Å². The molecule has 6 heteroatoms. The molecule has 0 radical (unpaired) electrons. The largest absolute Gasteiger partial charge is 0.392 e. The molecule has 21 heavy (non-hydrogen) atoms. The maximum Gasteiger partial charge on any atom is 0.260 e. The molecule has 5 nitrogen and oxygen atoms in total. The normalized spacial score (nSPS) is 17.6. The predicted octanol–water partition coefficient (Wildman–Crippen LogP) is 1.94. The number of hydrogen-bond donors (Lipinski definition) is 1. The van der Waals surface area contributed by atoms with E-state index >= 15 is 0 Å². The number of pyridine rings is 1. The number of aliphatic hydroxyl groups excluding tert-OH is 1. The Bertz CT molecular complexity index is 628. The topological polar surface area (TPSA) is 70.5 Å². The fraction of sp³-hybridized carbons (Fsp3) is 0.533. The number of rotatable bonds is 3. The van der Waals surface area contributed by atoms with E-state index in [2.05, 4.69) is 25.8 Å². The third kappa shape index (κ3) is 3.51. The Morgan fingerprint density at radius 1 is 1.33 bits per heavy atom. The highest BCUT2D eigenvalue weighted by atomic mass is 32.2. The monoisotopic (exact) mass is 310 g/mol. The molecule has 0 aromatic carbocycles. The highest BCUT2D eigenvalue weighted by Gasteiger charge is 2.29. The molecule has 0 amide bonds. The number of hydrogen-bond acceptors (Lipinski definition) is 4. The first kappa shape index (κ1) is 16.1. The van der Waals surface area contributed by atoms with Crippen LogP contribution in [0.15, 0.2) is 35.0 Å². The van der Waals surface area contributed by atoms with Crippen molar-refractivity contribution in [1.82, 2.24) is 9.29 Å². The van der Waals surface area contributed by atoms with Gasteiger partial charge in [0.05, 0.1) is 6.61 Å². The summed E-state index contributed by atoms with van der Waals surface area (Å²) in [5.41, 5.74) is 1.97. The molecule has 0 atom stereocenters. The van der Waals surface area contributed by atoms with E-state index in [1.807, 2.05) is 6.08 Å². The summed E-state index contributed by atoms with van der Waals surface area (Å²) in [6, 6.07) is 3.03. The van der Waals surface area contributed by atoms with Crippen molar-refractivity contribution < 1.29 is 13.5 Å². The summed E-state index contributed by atoms with van der Waals surface area (Å²) in [7, 11) is -3.56. The molecule has 1 aromatic heterocycles. The third-order valence-electron chi connectivity index (χ3n) is 3.72. The van der Waals surface area contributed by atoms with Crippen molar-refractivity contribution in [3.63, 3.8) is 0 Å². The molecule has 0 bridgehead atoms. The molecular formula is C15H22N2O3S. The highest BCUT2D eigenvalue weighted by Crippen LogP contribution is 2.31. The second-order valence-electron chi connectivity index (χ2n) is 6.26. The maximum absolute atomic E-state index is 12.5. The van der Waals surface area contributed by atoms with Crippen LogP contribution in [0, 0.1) is 5.41 Å². The summed E-state index contributed by atoms with van der Waals surface area (Å²) in [6.07, 6.45) is 4.15. The van der Waals surface area contributed by atoms with Gasteiger partial charge in [0.2, 0.25) is 0 Å². The van der Waals surface area contributed by atoms with Crippen molar-refractivity contribution in [2.24, 2.45) is 5.41 Å². The van der Waals surface area contributed by atoms with Crippen molar-refractivity contribution in [2.75, 3.05) is 13.1 Å². The van der Waals surface area contributed by atoms with Gasteiger partial charge >= 0.3 is 0 Å². The molecule has 0 unspecified atom stereocenters. The Morgan fingerprint density at radius 3 is 2.48 bits per heavy atom. The first-order valence-electron chi connectivity index (χ1n) is 7.00. The summed E-state index contributed by atoms with van der Waals surface area (Å²) < 4.78 is 26.5. The van der Waals surface area contributed by atoms with Gasteiger partial charge in [-0.25, -0.2) is 13.4 Å². The summed E-state index contributed by atoms with van der Waals surface area (Å²) in [5.74, 6) is 0. The van der Waals surface area contributed by atoms with Crippen LogP contribution in [-0.2, 0) is 16.6 Å². The molecule has 1 N–H and O–H groups in total. The minimum atomic E-state index is -3.56. The average Bonchev–Trinajstić information content (AvgIpc) is 2.46. The lowest BCUT2D eigenvalue weighted by Crippen LogP contribution is -2.36. The van der Waals surface area contributed by atoms with Crippen LogP contribution < -0.4 is 0 Å². The Kier molecular flexibility index (Phi) is 4.51. The minimum absolute atomic E-state index is 0.0345. The van der Waals surface area contributed by atoms with Gasteiger partial charge < -0.3 is 5.11 Å². The zero-order valence-electron chi connectivity index (χ0n) is 12.7. The van der Waals surface area contributed by atoms with Crippen LogP contribution >= 0.6 is 0 Å². The van der Waals surface area contributed by atoms with Gasteiger partial charge in [0.15, 0.2) is 5.03 Å². The van der Waals surface area contributed by atoms with E-state index in [1.165, 1.54) is 22.1 Å². The van der Waals surface area contributed by atoms with E-state index in [1.54, 1.807) is 6.07 Å². The van der Waals surface area contributed by atoms with E-state index in [4.69, 9.17) is 5.11 Å². The maximum atomic E-state index is 12.5. The number of aromatic nitrogens is 1. The second-order valence-corrected chi connectivity index (χ2v) is 8.14.